The molecule has 7 heteroatoms. The van der Waals surface area contributed by atoms with Crippen molar-refractivity contribution >= 4 is 41.5 Å². The molecule has 1 N–H and O–H groups in total. The molecular weight excluding hydrogens is 457 g/mol. The number of rotatable bonds is 11. The number of likely N-dealkylation sites (N-methyl/N-ethyl adjacent to an activating group) is 1. The van der Waals surface area contributed by atoms with E-state index in [4.69, 9.17) is 4.74 Å². The fraction of sp³-hybridized carbons (Fsp3) is 0.577. The van der Waals surface area contributed by atoms with E-state index in [0.29, 0.717) is 13.1 Å². The number of benzene rings is 2. The van der Waals surface area contributed by atoms with Crippen molar-refractivity contribution in [3.63, 3.8) is 0 Å². The summed E-state index contributed by atoms with van der Waals surface area (Å²) in [4.78, 5) is 17.4. The molecule has 33 heavy (non-hydrogen) atoms. The molecule has 2 aromatic carbocycles. The third kappa shape index (κ3) is 7.83. The Kier molecular flexibility index (Phi) is 13.3. The van der Waals surface area contributed by atoms with Crippen molar-refractivity contribution in [2.75, 3.05) is 59.0 Å². The lowest BCUT2D eigenvalue weighted by atomic mass is 9.73. The van der Waals surface area contributed by atoms with E-state index in [0.717, 1.165) is 58.8 Å². The van der Waals surface area contributed by atoms with E-state index in [2.05, 4.69) is 78.4 Å². The minimum atomic E-state index is -0.0991. The number of amides is 1. The standard InChI is InChI=1S/C26H39N3O2.2ClH/c1-4-26(14-15-29-16-18-31-19-17-29,21-27-25(30)20-28(5-2)6-3)24-13-9-11-22-10-7-8-12-23(22)24;;/h7-13H,4-6,14-21H2,1-3H3,(H,27,30);2*1H. The Morgan fingerprint density at radius 1 is 1.03 bits per heavy atom. The first-order valence-electron chi connectivity index (χ1n) is 11.9. The number of nitrogens with zero attached hydrogens (tertiary/aromatic N) is 2. The molecule has 1 atom stereocenters. The van der Waals surface area contributed by atoms with Crippen molar-refractivity contribution in [1.29, 1.82) is 0 Å². The maximum Gasteiger partial charge on any atom is 0.234 e. The highest BCUT2D eigenvalue weighted by atomic mass is 35.5. The Morgan fingerprint density at radius 2 is 1.70 bits per heavy atom. The van der Waals surface area contributed by atoms with Crippen LogP contribution in [0.15, 0.2) is 42.5 Å². The van der Waals surface area contributed by atoms with Crippen molar-refractivity contribution in [3.8, 4) is 0 Å². The number of halogens is 2. The number of hydrogen-bond donors (Lipinski definition) is 1. The van der Waals surface area contributed by atoms with Gasteiger partial charge in [-0.25, -0.2) is 0 Å². The van der Waals surface area contributed by atoms with Crippen molar-refractivity contribution in [2.45, 2.75) is 39.0 Å². The monoisotopic (exact) mass is 497 g/mol. The first-order chi connectivity index (χ1) is 15.1. The lowest BCUT2D eigenvalue weighted by molar-refractivity contribution is -0.122. The smallest absolute Gasteiger partial charge is 0.234 e. The summed E-state index contributed by atoms with van der Waals surface area (Å²) in [5, 5.41) is 5.86. The lowest BCUT2D eigenvalue weighted by Crippen LogP contribution is -2.46. The molecule has 3 rings (SSSR count). The number of fused-ring (bicyclic) bond motifs is 1. The Labute approximate surface area is 212 Å². The van der Waals surface area contributed by atoms with Crippen LogP contribution >= 0.6 is 24.8 Å². The van der Waals surface area contributed by atoms with Gasteiger partial charge in [-0.3, -0.25) is 14.6 Å². The van der Waals surface area contributed by atoms with Crippen LogP contribution in [0.2, 0.25) is 0 Å². The number of carbonyl (C=O) groups is 1. The zero-order chi connectivity index (χ0) is 22.1. The number of ether oxygens (including phenoxy) is 1. The number of carbonyl (C=O) groups excluding carboxylic acids is 1. The molecule has 1 aliphatic heterocycles. The van der Waals surface area contributed by atoms with Gasteiger partial charge in [0.05, 0.1) is 19.8 Å². The molecule has 0 aromatic heterocycles. The second-order valence-corrected chi connectivity index (χ2v) is 8.60. The molecule has 1 amide bonds. The lowest BCUT2D eigenvalue weighted by Gasteiger charge is -2.38. The maximum atomic E-state index is 12.8. The minimum Gasteiger partial charge on any atom is -0.379 e. The van der Waals surface area contributed by atoms with Crippen LogP contribution in [0.4, 0.5) is 0 Å². The average molecular weight is 499 g/mol. The second kappa shape index (κ2) is 14.8. The highest BCUT2D eigenvalue weighted by molar-refractivity contribution is 5.87. The predicted octanol–water partition coefficient (Wildman–Crippen LogP) is 4.51. The second-order valence-electron chi connectivity index (χ2n) is 8.60. The summed E-state index contributed by atoms with van der Waals surface area (Å²) in [6.07, 6.45) is 2.00. The molecule has 1 saturated heterocycles. The van der Waals surface area contributed by atoms with Gasteiger partial charge < -0.3 is 10.1 Å². The summed E-state index contributed by atoms with van der Waals surface area (Å²) in [5.74, 6) is 0.119. The average Bonchev–Trinajstić information content (AvgIpc) is 2.83. The van der Waals surface area contributed by atoms with Gasteiger partial charge in [0.2, 0.25) is 5.91 Å². The van der Waals surface area contributed by atoms with Gasteiger partial charge in [0.25, 0.3) is 0 Å². The van der Waals surface area contributed by atoms with Gasteiger partial charge in [-0.1, -0.05) is 63.2 Å². The van der Waals surface area contributed by atoms with E-state index >= 15 is 0 Å². The third-order valence-corrected chi connectivity index (χ3v) is 6.93. The summed E-state index contributed by atoms with van der Waals surface area (Å²) >= 11 is 0. The summed E-state index contributed by atoms with van der Waals surface area (Å²) in [7, 11) is 0. The van der Waals surface area contributed by atoms with Crippen LogP contribution in [0.25, 0.3) is 10.8 Å². The van der Waals surface area contributed by atoms with Gasteiger partial charge in [-0.15, -0.1) is 24.8 Å². The van der Waals surface area contributed by atoms with Crippen LogP contribution in [0.1, 0.15) is 39.2 Å². The first-order valence-corrected chi connectivity index (χ1v) is 11.9. The molecule has 0 aliphatic carbocycles. The summed E-state index contributed by atoms with van der Waals surface area (Å²) in [5.41, 5.74) is 1.25. The van der Waals surface area contributed by atoms with Gasteiger partial charge in [0, 0.05) is 25.0 Å². The Morgan fingerprint density at radius 3 is 2.36 bits per heavy atom. The Bertz CT molecular complexity index is 836. The molecule has 1 fully saturated rings. The molecule has 0 spiro atoms. The molecule has 0 bridgehead atoms. The molecule has 5 nitrogen and oxygen atoms in total. The van der Waals surface area contributed by atoms with Gasteiger partial charge >= 0.3 is 0 Å². The summed E-state index contributed by atoms with van der Waals surface area (Å²) in [6, 6.07) is 15.2. The summed E-state index contributed by atoms with van der Waals surface area (Å²) in [6.45, 7) is 14.0. The topological polar surface area (TPSA) is 44.8 Å². The van der Waals surface area contributed by atoms with Crippen LogP contribution in [-0.2, 0) is 14.9 Å². The molecule has 1 aliphatic rings. The van der Waals surface area contributed by atoms with Crippen molar-refractivity contribution in [2.24, 2.45) is 0 Å². The molecule has 2 aromatic rings. The fourth-order valence-corrected chi connectivity index (χ4v) is 4.67. The van der Waals surface area contributed by atoms with Crippen LogP contribution in [0.5, 0.6) is 0 Å². The van der Waals surface area contributed by atoms with Crippen LogP contribution < -0.4 is 5.32 Å². The Hall–Kier alpha value is -1.37. The SMILES string of the molecule is CCN(CC)CC(=O)NCC(CC)(CCN1CCOCC1)c1cccc2ccccc12.Cl.Cl. The van der Waals surface area contributed by atoms with Crippen LogP contribution in [0, 0.1) is 0 Å². The molecular formula is C26H41Cl2N3O2. The normalized spacial score (nSPS) is 16.0. The number of morpholine rings is 1. The fourth-order valence-electron chi connectivity index (χ4n) is 4.67. The van der Waals surface area contributed by atoms with E-state index in [-0.39, 0.29) is 36.1 Å². The maximum absolute atomic E-state index is 12.8. The van der Waals surface area contributed by atoms with Crippen LogP contribution in [0.3, 0.4) is 0 Å². The van der Waals surface area contributed by atoms with E-state index < -0.39 is 0 Å². The zero-order valence-corrected chi connectivity index (χ0v) is 22.0. The van der Waals surface area contributed by atoms with E-state index in [1.54, 1.807) is 0 Å². The molecule has 0 saturated carbocycles. The number of hydrogen-bond acceptors (Lipinski definition) is 4. The minimum absolute atomic E-state index is 0. The summed E-state index contributed by atoms with van der Waals surface area (Å²) < 4.78 is 5.53. The molecule has 1 heterocycles. The van der Waals surface area contributed by atoms with Crippen molar-refractivity contribution in [1.82, 2.24) is 15.1 Å². The van der Waals surface area contributed by atoms with Gasteiger partial charge in [-0.05, 0) is 48.8 Å². The molecule has 1 unspecified atom stereocenters. The van der Waals surface area contributed by atoms with Crippen molar-refractivity contribution in [3.05, 3.63) is 48.0 Å². The van der Waals surface area contributed by atoms with Gasteiger partial charge in [0.1, 0.15) is 0 Å². The van der Waals surface area contributed by atoms with E-state index in [1.165, 1.54) is 16.3 Å². The highest BCUT2D eigenvalue weighted by Crippen LogP contribution is 2.36. The number of nitrogens with one attached hydrogen (secondary N) is 1. The predicted molar refractivity (Wildman–Crippen MR) is 143 cm³/mol. The van der Waals surface area contributed by atoms with E-state index in [9.17, 15) is 4.79 Å². The third-order valence-electron chi connectivity index (χ3n) is 6.93. The first kappa shape index (κ1) is 29.7. The molecule has 0 radical (unpaired) electrons. The van der Waals surface area contributed by atoms with Gasteiger partial charge in [-0.2, -0.15) is 0 Å². The van der Waals surface area contributed by atoms with Gasteiger partial charge in [0.15, 0.2) is 0 Å². The highest BCUT2D eigenvalue weighted by Gasteiger charge is 2.33. The molecule has 186 valence electrons. The van der Waals surface area contributed by atoms with Crippen LogP contribution in [-0.4, -0.2) is 74.7 Å². The van der Waals surface area contributed by atoms with Crippen molar-refractivity contribution < 1.29 is 9.53 Å². The zero-order valence-electron chi connectivity index (χ0n) is 20.3. The quantitative estimate of drug-likeness (QED) is 0.495. The largest absolute Gasteiger partial charge is 0.379 e. The van der Waals surface area contributed by atoms with E-state index in [1.807, 2.05) is 0 Å². The Balaban J connectivity index is 0.00000272.